The number of hydrogen-bond donors (Lipinski definition) is 1. The van der Waals surface area contributed by atoms with Crippen molar-refractivity contribution in [3.8, 4) is 0 Å². The van der Waals surface area contributed by atoms with Crippen LogP contribution in [0.5, 0.6) is 0 Å². The van der Waals surface area contributed by atoms with Gasteiger partial charge in [0.15, 0.2) is 0 Å². The number of hydrogen-bond acceptors (Lipinski definition) is 3. The Morgan fingerprint density at radius 1 is 1.16 bits per heavy atom. The van der Waals surface area contributed by atoms with Gasteiger partial charge in [0.1, 0.15) is 0 Å². The SMILES string of the molecule is CC(C)NCCCCCN1CCOC2CCCCC21. The van der Waals surface area contributed by atoms with Gasteiger partial charge >= 0.3 is 0 Å². The maximum atomic E-state index is 5.93. The molecule has 1 aliphatic heterocycles. The van der Waals surface area contributed by atoms with Crippen molar-refractivity contribution in [3.63, 3.8) is 0 Å². The maximum Gasteiger partial charge on any atom is 0.0730 e. The quantitative estimate of drug-likeness (QED) is 0.719. The molecular formula is C16H32N2O. The van der Waals surface area contributed by atoms with Gasteiger partial charge in [-0.3, -0.25) is 4.90 Å². The highest BCUT2D eigenvalue weighted by Gasteiger charge is 2.33. The summed E-state index contributed by atoms with van der Waals surface area (Å²) in [5.74, 6) is 0. The number of ether oxygens (including phenoxy) is 1. The van der Waals surface area contributed by atoms with E-state index >= 15 is 0 Å². The monoisotopic (exact) mass is 268 g/mol. The zero-order valence-electron chi connectivity index (χ0n) is 12.9. The van der Waals surface area contributed by atoms with E-state index in [4.69, 9.17) is 4.74 Å². The van der Waals surface area contributed by atoms with E-state index in [2.05, 4.69) is 24.1 Å². The van der Waals surface area contributed by atoms with Gasteiger partial charge in [-0.2, -0.15) is 0 Å². The van der Waals surface area contributed by atoms with Crippen molar-refractivity contribution in [1.82, 2.24) is 10.2 Å². The number of unbranched alkanes of at least 4 members (excludes halogenated alkanes) is 2. The molecule has 0 spiro atoms. The molecule has 3 nitrogen and oxygen atoms in total. The summed E-state index contributed by atoms with van der Waals surface area (Å²) in [6.07, 6.45) is 9.99. The lowest BCUT2D eigenvalue weighted by atomic mass is 9.90. The standard InChI is InChI=1S/C16H32N2O/c1-14(2)17-10-6-3-7-11-18-12-13-19-16-9-5-4-8-15(16)18/h14-17H,3-13H2,1-2H3. The van der Waals surface area contributed by atoms with Crippen molar-refractivity contribution in [2.45, 2.75) is 77.0 Å². The van der Waals surface area contributed by atoms with Gasteiger partial charge in [-0.15, -0.1) is 0 Å². The predicted molar refractivity (Wildman–Crippen MR) is 80.6 cm³/mol. The molecule has 1 saturated carbocycles. The van der Waals surface area contributed by atoms with Crippen LogP contribution in [0.4, 0.5) is 0 Å². The van der Waals surface area contributed by atoms with Crippen LogP contribution in [-0.4, -0.2) is 49.3 Å². The third-order valence-corrected chi connectivity index (χ3v) is 4.52. The predicted octanol–water partition coefficient (Wildman–Crippen LogP) is 2.80. The van der Waals surface area contributed by atoms with Crippen molar-refractivity contribution < 1.29 is 4.74 Å². The molecule has 2 atom stereocenters. The molecule has 3 heteroatoms. The lowest BCUT2D eigenvalue weighted by Gasteiger charge is -2.43. The average molecular weight is 268 g/mol. The molecule has 0 amide bonds. The Kier molecular flexibility index (Phi) is 6.62. The molecule has 1 saturated heterocycles. The minimum atomic E-state index is 0.546. The Bertz CT molecular complexity index is 243. The van der Waals surface area contributed by atoms with E-state index in [1.807, 2.05) is 0 Å². The van der Waals surface area contributed by atoms with Gasteiger partial charge in [0, 0.05) is 18.6 Å². The molecule has 1 aliphatic carbocycles. The Labute approximate surface area is 119 Å². The average Bonchev–Trinajstić information content (AvgIpc) is 2.42. The lowest BCUT2D eigenvalue weighted by molar-refractivity contribution is -0.0882. The molecule has 2 fully saturated rings. The third-order valence-electron chi connectivity index (χ3n) is 4.52. The van der Waals surface area contributed by atoms with Crippen molar-refractivity contribution in [2.75, 3.05) is 26.2 Å². The summed E-state index contributed by atoms with van der Waals surface area (Å²) in [6, 6.07) is 1.36. The summed E-state index contributed by atoms with van der Waals surface area (Å²) in [7, 11) is 0. The van der Waals surface area contributed by atoms with Gasteiger partial charge in [0.2, 0.25) is 0 Å². The van der Waals surface area contributed by atoms with Crippen LogP contribution in [0.1, 0.15) is 58.8 Å². The molecule has 0 bridgehead atoms. The summed E-state index contributed by atoms with van der Waals surface area (Å²) in [5, 5.41) is 3.50. The summed E-state index contributed by atoms with van der Waals surface area (Å²) < 4.78 is 5.93. The second-order valence-electron chi connectivity index (χ2n) is 6.47. The summed E-state index contributed by atoms with van der Waals surface area (Å²) >= 11 is 0. The fourth-order valence-electron chi connectivity index (χ4n) is 3.46. The van der Waals surface area contributed by atoms with Crippen molar-refractivity contribution >= 4 is 0 Å². The van der Waals surface area contributed by atoms with Crippen molar-refractivity contribution in [3.05, 3.63) is 0 Å². The third kappa shape index (κ3) is 5.05. The van der Waals surface area contributed by atoms with Gasteiger partial charge in [-0.25, -0.2) is 0 Å². The first-order chi connectivity index (χ1) is 9.27. The number of nitrogens with one attached hydrogen (secondary N) is 1. The Balaban J connectivity index is 1.59. The topological polar surface area (TPSA) is 24.5 Å². The zero-order chi connectivity index (χ0) is 13.5. The Morgan fingerprint density at radius 2 is 2.00 bits per heavy atom. The normalized spacial score (nSPS) is 28.6. The van der Waals surface area contributed by atoms with Crippen LogP contribution >= 0.6 is 0 Å². The fraction of sp³-hybridized carbons (Fsp3) is 1.00. The number of rotatable bonds is 7. The van der Waals surface area contributed by atoms with Crippen LogP contribution in [-0.2, 0) is 4.74 Å². The lowest BCUT2D eigenvalue weighted by Crippen LogP contribution is -2.52. The molecule has 0 radical (unpaired) electrons. The smallest absolute Gasteiger partial charge is 0.0730 e. The second-order valence-corrected chi connectivity index (χ2v) is 6.47. The van der Waals surface area contributed by atoms with Crippen LogP contribution in [0.3, 0.4) is 0 Å². The molecule has 1 heterocycles. The minimum absolute atomic E-state index is 0.546. The molecule has 0 aromatic carbocycles. The van der Waals surface area contributed by atoms with E-state index in [0.717, 1.165) is 19.2 Å². The van der Waals surface area contributed by atoms with Gasteiger partial charge in [-0.1, -0.05) is 33.1 Å². The van der Waals surface area contributed by atoms with Crippen LogP contribution in [0.15, 0.2) is 0 Å². The summed E-state index contributed by atoms with van der Waals surface area (Å²) in [4.78, 5) is 2.71. The highest BCUT2D eigenvalue weighted by Crippen LogP contribution is 2.28. The Morgan fingerprint density at radius 3 is 2.84 bits per heavy atom. The van der Waals surface area contributed by atoms with E-state index < -0.39 is 0 Å². The fourth-order valence-corrected chi connectivity index (χ4v) is 3.46. The number of nitrogens with zero attached hydrogens (tertiary/aromatic N) is 1. The van der Waals surface area contributed by atoms with Gasteiger partial charge in [-0.05, 0) is 38.8 Å². The van der Waals surface area contributed by atoms with Gasteiger partial charge in [0.05, 0.1) is 12.7 Å². The van der Waals surface area contributed by atoms with Gasteiger partial charge < -0.3 is 10.1 Å². The molecule has 0 aromatic rings. The Hall–Kier alpha value is -0.120. The molecule has 2 aliphatic rings. The van der Waals surface area contributed by atoms with Crippen molar-refractivity contribution in [2.24, 2.45) is 0 Å². The van der Waals surface area contributed by atoms with Crippen LogP contribution in [0, 0.1) is 0 Å². The summed E-state index contributed by atoms with van der Waals surface area (Å²) in [5.41, 5.74) is 0. The first-order valence-corrected chi connectivity index (χ1v) is 8.36. The highest BCUT2D eigenvalue weighted by molar-refractivity contribution is 4.87. The maximum absolute atomic E-state index is 5.93. The van der Waals surface area contributed by atoms with Gasteiger partial charge in [0.25, 0.3) is 0 Å². The first kappa shape index (κ1) is 15.3. The molecule has 1 N–H and O–H groups in total. The zero-order valence-corrected chi connectivity index (χ0v) is 12.9. The first-order valence-electron chi connectivity index (χ1n) is 8.36. The van der Waals surface area contributed by atoms with Crippen LogP contribution < -0.4 is 5.32 Å². The second kappa shape index (κ2) is 8.23. The number of fused-ring (bicyclic) bond motifs is 1. The van der Waals surface area contributed by atoms with E-state index in [1.165, 1.54) is 58.0 Å². The van der Waals surface area contributed by atoms with Crippen molar-refractivity contribution in [1.29, 1.82) is 0 Å². The van der Waals surface area contributed by atoms with E-state index in [1.54, 1.807) is 0 Å². The summed E-state index contributed by atoms with van der Waals surface area (Å²) in [6.45, 7) is 9.01. The van der Waals surface area contributed by atoms with Crippen LogP contribution in [0.2, 0.25) is 0 Å². The van der Waals surface area contributed by atoms with E-state index in [0.29, 0.717) is 12.1 Å². The molecule has 0 aromatic heterocycles. The molecular weight excluding hydrogens is 236 g/mol. The van der Waals surface area contributed by atoms with Crippen LogP contribution in [0.25, 0.3) is 0 Å². The van der Waals surface area contributed by atoms with E-state index in [-0.39, 0.29) is 0 Å². The molecule has 112 valence electrons. The molecule has 2 unspecified atom stereocenters. The molecule has 19 heavy (non-hydrogen) atoms. The minimum Gasteiger partial charge on any atom is -0.375 e. The largest absolute Gasteiger partial charge is 0.375 e. The highest BCUT2D eigenvalue weighted by atomic mass is 16.5. The number of morpholine rings is 1. The molecule has 2 rings (SSSR count). The van der Waals surface area contributed by atoms with E-state index in [9.17, 15) is 0 Å².